The highest BCUT2D eigenvalue weighted by atomic mass is 16.2. The minimum absolute atomic E-state index is 0.329. The van der Waals surface area contributed by atoms with E-state index in [9.17, 15) is 9.59 Å². The third-order valence-electron chi connectivity index (χ3n) is 6.28. The third kappa shape index (κ3) is 5.16. The van der Waals surface area contributed by atoms with Gasteiger partial charge in [-0.2, -0.15) is 5.21 Å². The number of H-pyrrole nitrogens is 1. The van der Waals surface area contributed by atoms with Gasteiger partial charge in [0.05, 0.1) is 6.54 Å². The first-order chi connectivity index (χ1) is 18.2. The van der Waals surface area contributed by atoms with Crippen molar-refractivity contribution >= 4 is 5.91 Å². The normalized spacial score (nSPS) is 11.1. The lowest BCUT2D eigenvalue weighted by molar-refractivity contribution is 0.0939. The van der Waals surface area contributed by atoms with E-state index >= 15 is 0 Å². The number of nitrogens with zero attached hydrogens (tertiary/aromatic N) is 6. The average Bonchev–Trinajstić information content (AvgIpc) is 3.59. The summed E-state index contributed by atoms with van der Waals surface area (Å²) in [6.45, 7) is 2.46. The van der Waals surface area contributed by atoms with Gasteiger partial charge in [-0.15, -0.1) is 20.0 Å². The first-order valence-electron chi connectivity index (χ1n) is 12.4. The van der Waals surface area contributed by atoms with E-state index in [1.54, 1.807) is 28.8 Å². The molecule has 0 radical (unpaired) electrons. The molecule has 5 aromatic rings. The number of rotatable bonds is 9. The van der Waals surface area contributed by atoms with Crippen molar-refractivity contribution < 1.29 is 4.79 Å². The highest BCUT2D eigenvalue weighted by Gasteiger charge is 2.20. The molecule has 9 nitrogen and oxygen atoms in total. The Morgan fingerprint density at radius 2 is 1.62 bits per heavy atom. The number of aromatic nitrogens is 7. The van der Waals surface area contributed by atoms with Crippen LogP contribution in [0.25, 0.3) is 22.5 Å². The quantitative estimate of drug-likeness (QED) is 0.305. The number of carbonyl (C=O) groups is 1. The Hall–Kier alpha value is -4.66. The molecule has 0 aliphatic carbocycles. The molecule has 0 bridgehead atoms. The molecule has 2 heterocycles. The third-order valence-corrected chi connectivity index (χ3v) is 6.28. The molecular weight excluding hydrogens is 466 g/mol. The Labute approximate surface area is 213 Å². The van der Waals surface area contributed by atoms with E-state index < -0.39 is 11.6 Å². The molecule has 0 saturated heterocycles. The largest absolute Gasteiger partial charge is 0.353 e. The molecule has 3 aromatic carbocycles. The number of hydrogen-bond donors (Lipinski definition) is 1. The van der Waals surface area contributed by atoms with Crippen LogP contribution in [0.5, 0.6) is 0 Å². The molecule has 0 spiro atoms. The number of nitrogens with one attached hydrogen (secondary N) is 1. The van der Waals surface area contributed by atoms with E-state index in [1.165, 1.54) is 0 Å². The van der Waals surface area contributed by atoms with Gasteiger partial charge in [-0.05, 0) is 40.5 Å². The number of tetrazole rings is 1. The predicted molar refractivity (Wildman–Crippen MR) is 140 cm³/mol. The van der Waals surface area contributed by atoms with E-state index in [4.69, 9.17) is 0 Å². The van der Waals surface area contributed by atoms with Crippen LogP contribution in [-0.4, -0.2) is 40.9 Å². The Morgan fingerprint density at radius 1 is 0.892 bits per heavy atom. The van der Waals surface area contributed by atoms with Crippen LogP contribution in [0.4, 0.5) is 0 Å². The van der Waals surface area contributed by atoms with Crippen LogP contribution < -0.4 is 5.69 Å². The fourth-order valence-electron chi connectivity index (χ4n) is 4.33. The van der Waals surface area contributed by atoms with E-state index in [-0.39, 0.29) is 0 Å². The fourth-order valence-corrected chi connectivity index (χ4v) is 4.33. The fraction of sp³-hybridized carbons (Fsp3) is 0.214. The SMILES string of the molecule is CCCCCc1nn(C(=O)c2ccccc2)c(=O)n1Cc1ccc(-c2ccccc2-c2nn[nH]n2)cc1. The number of benzene rings is 3. The Bertz CT molecular complexity index is 1540. The molecule has 5 rings (SSSR count). The van der Waals surface area contributed by atoms with Gasteiger partial charge in [0.15, 0.2) is 0 Å². The van der Waals surface area contributed by atoms with Crippen molar-refractivity contribution in [2.24, 2.45) is 0 Å². The maximum Gasteiger partial charge on any atom is 0.353 e. The zero-order valence-corrected chi connectivity index (χ0v) is 20.5. The first kappa shape index (κ1) is 24.1. The molecule has 2 aromatic heterocycles. The van der Waals surface area contributed by atoms with Gasteiger partial charge in [-0.1, -0.05) is 86.5 Å². The molecule has 0 aliphatic heterocycles. The summed E-state index contributed by atoms with van der Waals surface area (Å²) in [7, 11) is 0. The van der Waals surface area contributed by atoms with Gasteiger partial charge < -0.3 is 0 Å². The standard InChI is InChI=1S/C28H27N7O2/c1-2-3-5-14-25-31-35(27(36)22-10-6-4-7-11-22)28(37)34(25)19-20-15-17-21(18-16-20)23-12-8-9-13-24(23)26-29-32-33-30-26/h4,6-13,15-18H,2-3,5,14,19H2,1H3,(H,29,30,32,33). The van der Waals surface area contributed by atoms with Crippen molar-refractivity contribution in [2.45, 2.75) is 39.2 Å². The molecule has 9 heteroatoms. The lowest BCUT2D eigenvalue weighted by Gasteiger charge is -2.09. The molecule has 186 valence electrons. The lowest BCUT2D eigenvalue weighted by atomic mass is 9.98. The number of carbonyl (C=O) groups excluding carboxylic acids is 1. The van der Waals surface area contributed by atoms with Crippen LogP contribution in [-0.2, 0) is 13.0 Å². The van der Waals surface area contributed by atoms with Crippen LogP contribution in [0.1, 0.15) is 47.9 Å². The molecular formula is C28H27N7O2. The number of hydrogen-bond acceptors (Lipinski definition) is 6. The summed E-state index contributed by atoms with van der Waals surface area (Å²) in [4.78, 5) is 26.3. The predicted octanol–water partition coefficient (Wildman–Crippen LogP) is 4.36. The molecule has 1 N–H and O–H groups in total. The second-order valence-corrected chi connectivity index (χ2v) is 8.80. The van der Waals surface area contributed by atoms with E-state index in [0.29, 0.717) is 30.2 Å². The monoisotopic (exact) mass is 493 g/mol. The smallest absolute Gasteiger partial charge is 0.274 e. The van der Waals surface area contributed by atoms with Crippen LogP contribution in [0.2, 0.25) is 0 Å². The summed E-state index contributed by atoms with van der Waals surface area (Å²) >= 11 is 0. The second-order valence-electron chi connectivity index (χ2n) is 8.80. The number of aryl methyl sites for hydroxylation is 1. The summed E-state index contributed by atoms with van der Waals surface area (Å²) in [5.74, 6) is 0.724. The van der Waals surface area contributed by atoms with Crippen LogP contribution >= 0.6 is 0 Å². The number of unbranched alkanes of at least 4 members (excludes halogenated alkanes) is 2. The van der Waals surface area contributed by atoms with Crippen LogP contribution in [0.15, 0.2) is 83.7 Å². The maximum absolute atomic E-state index is 13.3. The summed E-state index contributed by atoms with van der Waals surface area (Å²) in [5.41, 5.74) is 3.79. The molecule has 0 atom stereocenters. The van der Waals surface area contributed by atoms with E-state index in [2.05, 4.69) is 32.6 Å². The summed E-state index contributed by atoms with van der Waals surface area (Å²) in [5, 5.41) is 18.8. The van der Waals surface area contributed by atoms with Crippen molar-refractivity contribution in [3.05, 3.63) is 106 Å². The van der Waals surface area contributed by atoms with Gasteiger partial charge >= 0.3 is 5.69 Å². The van der Waals surface area contributed by atoms with Crippen molar-refractivity contribution in [3.63, 3.8) is 0 Å². The first-order valence-corrected chi connectivity index (χ1v) is 12.4. The molecule has 0 saturated carbocycles. The average molecular weight is 494 g/mol. The van der Waals surface area contributed by atoms with Crippen LogP contribution in [0, 0.1) is 0 Å². The minimum Gasteiger partial charge on any atom is -0.274 e. The van der Waals surface area contributed by atoms with Crippen molar-refractivity contribution in [1.29, 1.82) is 0 Å². The van der Waals surface area contributed by atoms with Crippen molar-refractivity contribution in [3.8, 4) is 22.5 Å². The van der Waals surface area contributed by atoms with E-state index in [1.807, 2.05) is 54.6 Å². The Morgan fingerprint density at radius 3 is 2.32 bits per heavy atom. The maximum atomic E-state index is 13.3. The van der Waals surface area contributed by atoms with Gasteiger partial charge in [0.2, 0.25) is 5.82 Å². The summed E-state index contributed by atoms with van der Waals surface area (Å²) in [6.07, 6.45) is 3.62. The molecule has 37 heavy (non-hydrogen) atoms. The lowest BCUT2D eigenvalue weighted by Crippen LogP contribution is -2.30. The Balaban J connectivity index is 1.45. The number of aromatic amines is 1. The highest BCUT2D eigenvalue weighted by Crippen LogP contribution is 2.29. The van der Waals surface area contributed by atoms with E-state index in [0.717, 1.165) is 46.2 Å². The minimum atomic E-state index is -0.424. The molecule has 0 unspecified atom stereocenters. The summed E-state index contributed by atoms with van der Waals surface area (Å²) < 4.78 is 2.60. The molecule has 0 fully saturated rings. The molecule has 0 amide bonds. The van der Waals surface area contributed by atoms with Crippen LogP contribution in [0.3, 0.4) is 0 Å². The van der Waals surface area contributed by atoms with Gasteiger partial charge in [0, 0.05) is 17.5 Å². The van der Waals surface area contributed by atoms with Crippen molar-refractivity contribution in [1.82, 2.24) is 35.0 Å². The Kier molecular flexibility index (Phi) is 7.12. The zero-order chi connectivity index (χ0) is 25.6. The van der Waals surface area contributed by atoms with Gasteiger partial charge in [0.1, 0.15) is 5.82 Å². The topological polar surface area (TPSA) is 111 Å². The highest BCUT2D eigenvalue weighted by molar-refractivity contribution is 5.95. The van der Waals surface area contributed by atoms with Gasteiger partial charge in [-0.3, -0.25) is 9.36 Å². The van der Waals surface area contributed by atoms with Gasteiger partial charge in [0.25, 0.3) is 5.91 Å². The zero-order valence-electron chi connectivity index (χ0n) is 20.5. The van der Waals surface area contributed by atoms with Crippen molar-refractivity contribution in [2.75, 3.05) is 0 Å². The van der Waals surface area contributed by atoms with Gasteiger partial charge in [-0.25, -0.2) is 4.79 Å². The summed E-state index contributed by atoms with van der Waals surface area (Å²) in [6, 6.07) is 24.6. The second kappa shape index (κ2) is 10.9. The molecule has 0 aliphatic rings.